The number of benzene rings is 1. The second-order valence-corrected chi connectivity index (χ2v) is 4.79. The Hall–Kier alpha value is -1.03. The van der Waals surface area contributed by atoms with Gasteiger partial charge >= 0.3 is 0 Å². The molecule has 1 aliphatic heterocycles. The van der Waals surface area contributed by atoms with Gasteiger partial charge in [0, 0.05) is 5.56 Å². The van der Waals surface area contributed by atoms with Crippen molar-refractivity contribution in [2.45, 2.75) is 11.2 Å². The molecule has 0 unspecified atom stereocenters. The zero-order valence-electron chi connectivity index (χ0n) is 7.96. The van der Waals surface area contributed by atoms with Gasteiger partial charge in [0.05, 0.1) is 4.83 Å². The van der Waals surface area contributed by atoms with E-state index in [4.69, 9.17) is 9.47 Å². The van der Waals surface area contributed by atoms with Gasteiger partial charge in [0.2, 0.25) is 0 Å². The summed E-state index contributed by atoms with van der Waals surface area (Å²) in [4.78, 5) is 11.7. The molecule has 0 radical (unpaired) electrons. The average molecular weight is 269 g/mol. The molecule has 1 heterocycles. The van der Waals surface area contributed by atoms with E-state index in [0.29, 0.717) is 19.0 Å². The highest BCUT2D eigenvalue weighted by molar-refractivity contribution is 9.10. The van der Waals surface area contributed by atoms with Crippen molar-refractivity contribution in [2.24, 2.45) is 0 Å². The monoisotopic (exact) mass is 268 g/mol. The van der Waals surface area contributed by atoms with E-state index >= 15 is 0 Å². The summed E-state index contributed by atoms with van der Waals surface area (Å²) in [6, 6.07) is 3.72. The predicted molar refractivity (Wildman–Crippen MR) is 58.2 cm³/mol. The van der Waals surface area contributed by atoms with Crippen LogP contribution >= 0.6 is 15.9 Å². The van der Waals surface area contributed by atoms with E-state index in [9.17, 15) is 4.79 Å². The number of alkyl halides is 1. The molecule has 1 aliphatic carbocycles. The number of rotatable bonds is 0. The van der Waals surface area contributed by atoms with Crippen molar-refractivity contribution in [3.8, 4) is 11.5 Å². The van der Waals surface area contributed by atoms with Gasteiger partial charge < -0.3 is 9.47 Å². The Morgan fingerprint density at radius 1 is 1.20 bits per heavy atom. The molecule has 15 heavy (non-hydrogen) atoms. The van der Waals surface area contributed by atoms with Gasteiger partial charge in [-0.3, -0.25) is 4.79 Å². The van der Waals surface area contributed by atoms with Crippen molar-refractivity contribution in [1.82, 2.24) is 0 Å². The van der Waals surface area contributed by atoms with Crippen LogP contribution in [-0.4, -0.2) is 23.8 Å². The SMILES string of the molecule is O=C1c2cc3c(cc2C[C@@H]1Br)OCCO3. The smallest absolute Gasteiger partial charge is 0.177 e. The van der Waals surface area contributed by atoms with E-state index in [1.807, 2.05) is 6.07 Å². The first-order valence-electron chi connectivity index (χ1n) is 4.86. The number of Topliss-reactive ketones (excluding diaryl/α,β-unsaturated/α-hetero) is 1. The Kier molecular flexibility index (Phi) is 1.99. The van der Waals surface area contributed by atoms with Gasteiger partial charge in [-0.2, -0.15) is 0 Å². The Balaban J connectivity index is 2.12. The maximum Gasteiger partial charge on any atom is 0.177 e. The van der Waals surface area contributed by atoms with Gasteiger partial charge in [0.15, 0.2) is 17.3 Å². The minimum absolute atomic E-state index is 0.0867. The normalized spacial score (nSPS) is 22.7. The molecule has 2 aliphatic rings. The summed E-state index contributed by atoms with van der Waals surface area (Å²) < 4.78 is 10.9. The molecule has 4 heteroatoms. The van der Waals surface area contributed by atoms with Gasteiger partial charge in [-0.15, -0.1) is 0 Å². The zero-order valence-corrected chi connectivity index (χ0v) is 9.54. The maximum atomic E-state index is 11.7. The van der Waals surface area contributed by atoms with Crippen LogP contribution in [0.5, 0.6) is 11.5 Å². The van der Waals surface area contributed by atoms with Crippen molar-refractivity contribution in [3.63, 3.8) is 0 Å². The molecule has 0 bridgehead atoms. The van der Waals surface area contributed by atoms with Gasteiger partial charge in [0.1, 0.15) is 13.2 Å². The summed E-state index contributed by atoms with van der Waals surface area (Å²) in [5, 5.41) is 0. The van der Waals surface area contributed by atoms with E-state index in [2.05, 4.69) is 15.9 Å². The van der Waals surface area contributed by atoms with E-state index < -0.39 is 0 Å². The van der Waals surface area contributed by atoms with Crippen LogP contribution in [0, 0.1) is 0 Å². The predicted octanol–water partition coefficient (Wildman–Crippen LogP) is 1.96. The van der Waals surface area contributed by atoms with Gasteiger partial charge in [0.25, 0.3) is 0 Å². The lowest BCUT2D eigenvalue weighted by atomic mass is 10.1. The fourth-order valence-electron chi connectivity index (χ4n) is 1.98. The molecule has 0 amide bonds. The van der Waals surface area contributed by atoms with Crippen molar-refractivity contribution >= 4 is 21.7 Å². The molecule has 3 nitrogen and oxygen atoms in total. The standard InChI is InChI=1S/C11H9BrO3/c12-8-3-6-4-9-10(15-2-1-14-9)5-7(6)11(8)13/h4-5,8H,1-3H2/t8-/m0/s1. The quantitative estimate of drug-likeness (QED) is 0.675. The number of ether oxygens (including phenoxy) is 2. The third kappa shape index (κ3) is 1.35. The van der Waals surface area contributed by atoms with Gasteiger partial charge in [-0.05, 0) is 24.1 Å². The average Bonchev–Trinajstić information content (AvgIpc) is 2.52. The second-order valence-electron chi connectivity index (χ2n) is 3.69. The minimum atomic E-state index is -0.0867. The highest BCUT2D eigenvalue weighted by Crippen LogP contribution is 2.38. The Bertz CT molecular complexity index is 442. The molecule has 1 atom stereocenters. The first-order chi connectivity index (χ1) is 7.25. The van der Waals surface area contributed by atoms with Crippen LogP contribution in [-0.2, 0) is 6.42 Å². The lowest BCUT2D eigenvalue weighted by Crippen LogP contribution is -2.15. The van der Waals surface area contributed by atoms with Gasteiger partial charge in [-0.25, -0.2) is 0 Å². The highest BCUT2D eigenvalue weighted by Gasteiger charge is 2.30. The Labute approximate surface area is 95.5 Å². The lowest BCUT2D eigenvalue weighted by molar-refractivity contribution is 0.100. The van der Waals surface area contributed by atoms with E-state index in [-0.39, 0.29) is 10.6 Å². The van der Waals surface area contributed by atoms with Crippen LogP contribution in [0.2, 0.25) is 0 Å². The molecule has 0 saturated heterocycles. The Morgan fingerprint density at radius 2 is 1.87 bits per heavy atom. The number of fused-ring (bicyclic) bond motifs is 2. The summed E-state index contributed by atoms with van der Waals surface area (Å²) >= 11 is 3.36. The summed E-state index contributed by atoms with van der Waals surface area (Å²) in [6.07, 6.45) is 0.741. The minimum Gasteiger partial charge on any atom is -0.486 e. The van der Waals surface area contributed by atoms with E-state index in [1.54, 1.807) is 6.07 Å². The number of hydrogen-bond donors (Lipinski definition) is 0. The lowest BCUT2D eigenvalue weighted by Gasteiger charge is -2.19. The summed E-state index contributed by atoms with van der Waals surface area (Å²) in [7, 11) is 0. The van der Waals surface area contributed by atoms with Crippen LogP contribution < -0.4 is 9.47 Å². The summed E-state index contributed by atoms with van der Waals surface area (Å²) in [6.45, 7) is 1.13. The molecule has 0 aromatic heterocycles. The molecule has 0 spiro atoms. The van der Waals surface area contributed by atoms with Gasteiger partial charge in [-0.1, -0.05) is 15.9 Å². The molecule has 1 aromatic rings. The summed E-state index contributed by atoms with van der Waals surface area (Å²) in [5.74, 6) is 1.59. The fraction of sp³-hybridized carbons (Fsp3) is 0.364. The molecule has 0 N–H and O–H groups in total. The van der Waals surface area contributed by atoms with Crippen LogP contribution in [0.1, 0.15) is 15.9 Å². The Morgan fingerprint density at radius 3 is 2.60 bits per heavy atom. The first-order valence-corrected chi connectivity index (χ1v) is 5.78. The largest absolute Gasteiger partial charge is 0.486 e. The van der Waals surface area contributed by atoms with Crippen LogP contribution in [0.4, 0.5) is 0 Å². The number of halogens is 1. The topological polar surface area (TPSA) is 35.5 Å². The molecule has 3 rings (SSSR count). The third-order valence-corrected chi connectivity index (χ3v) is 3.46. The highest BCUT2D eigenvalue weighted by atomic mass is 79.9. The number of hydrogen-bond acceptors (Lipinski definition) is 3. The molecular weight excluding hydrogens is 260 g/mol. The number of carbonyl (C=O) groups excluding carboxylic acids is 1. The molecule has 0 fully saturated rings. The third-order valence-electron chi connectivity index (χ3n) is 2.72. The molecule has 0 saturated carbocycles. The fourth-order valence-corrected chi connectivity index (χ4v) is 2.58. The molecular formula is C11H9BrO3. The second kappa shape index (κ2) is 3.23. The van der Waals surface area contributed by atoms with E-state index in [0.717, 1.165) is 23.3 Å². The summed E-state index contributed by atoms with van der Waals surface area (Å²) in [5.41, 5.74) is 1.81. The van der Waals surface area contributed by atoms with Crippen molar-refractivity contribution in [2.75, 3.05) is 13.2 Å². The molecule has 1 aromatic carbocycles. The maximum absolute atomic E-state index is 11.7. The van der Waals surface area contributed by atoms with Crippen LogP contribution in [0.15, 0.2) is 12.1 Å². The zero-order chi connectivity index (χ0) is 10.4. The van der Waals surface area contributed by atoms with E-state index in [1.165, 1.54) is 0 Å². The van der Waals surface area contributed by atoms with Crippen LogP contribution in [0.25, 0.3) is 0 Å². The number of carbonyl (C=O) groups is 1. The molecule has 78 valence electrons. The first kappa shape index (κ1) is 9.21. The van der Waals surface area contributed by atoms with Crippen molar-refractivity contribution in [3.05, 3.63) is 23.3 Å². The number of ketones is 1. The van der Waals surface area contributed by atoms with Crippen molar-refractivity contribution < 1.29 is 14.3 Å². The van der Waals surface area contributed by atoms with Crippen molar-refractivity contribution in [1.29, 1.82) is 0 Å². The van der Waals surface area contributed by atoms with Crippen LogP contribution in [0.3, 0.4) is 0 Å².